The van der Waals surface area contributed by atoms with Gasteiger partial charge >= 0.3 is 7.59 Å². The van der Waals surface area contributed by atoms with Gasteiger partial charge in [0.2, 0.25) is 0 Å². The molecule has 0 fully saturated rings. The molecule has 2 aromatic carbocycles. The smallest absolute Gasteiger partial charge is 0.267 e. The standard InChI is InChI=1S/C16H24F2N3OPSi2/c1-24(2,15-11-7-5-8-12-15)19-23(22,21(17)18)20-25(3,4)16-13-9-6-10-14-16/h5-14H,1-4H3,(H2,19,20,22). The highest BCUT2D eigenvalue weighted by Gasteiger charge is 2.44. The molecule has 0 saturated carbocycles. The third kappa shape index (κ3) is 4.94. The van der Waals surface area contributed by atoms with Crippen molar-refractivity contribution in [3.05, 3.63) is 60.7 Å². The Morgan fingerprint density at radius 3 is 1.36 bits per heavy atom. The average molecular weight is 400 g/mol. The van der Waals surface area contributed by atoms with Crippen molar-refractivity contribution < 1.29 is 13.5 Å². The fraction of sp³-hybridized carbons (Fsp3) is 0.250. The van der Waals surface area contributed by atoms with Crippen LogP contribution in [0, 0.1) is 0 Å². The van der Waals surface area contributed by atoms with Crippen molar-refractivity contribution in [1.82, 2.24) is 14.6 Å². The van der Waals surface area contributed by atoms with E-state index < -0.39 is 29.2 Å². The third-order valence-corrected chi connectivity index (χ3v) is 14.9. The van der Waals surface area contributed by atoms with E-state index in [9.17, 15) is 13.5 Å². The quantitative estimate of drug-likeness (QED) is 0.424. The second-order valence-electron chi connectivity index (χ2n) is 7.00. The Bertz CT molecular complexity index is 688. The molecule has 0 bridgehead atoms. The van der Waals surface area contributed by atoms with Crippen LogP contribution in [-0.4, -0.2) is 21.6 Å². The molecule has 0 spiro atoms. The summed E-state index contributed by atoms with van der Waals surface area (Å²) < 4.78 is 46.1. The molecule has 2 rings (SSSR count). The summed E-state index contributed by atoms with van der Waals surface area (Å²) in [7, 11) is -9.35. The normalized spacial score (nSPS) is 13.2. The Kier molecular flexibility index (Phi) is 6.14. The molecule has 0 unspecified atom stereocenters. The fourth-order valence-corrected chi connectivity index (χ4v) is 13.2. The van der Waals surface area contributed by atoms with Gasteiger partial charge < -0.3 is 0 Å². The summed E-state index contributed by atoms with van der Waals surface area (Å²) in [4.78, 5) is 0. The van der Waals surface area contributed by atoms with E-state index in [-0.39, 0.29) is 0 Å². The molecule has 25 heavy (non-hydrogen) atoms. The van der Waals surface area contributed by atoms with Crippen LogP contribution in [0.2, 0.25) is 26.2 Å². The highest BCUT2D eigenvalue weighted by atomic mass is 31.2. The van der Waals surface area contributed by atoms with Crippen molar-refractivity contribution in [2.24, 2.45) is 0 Å². The van der Waals surface area contributed by atoms with Gasteiger partial charge in [0, 0.05) is 0 Å². The van der Waals surface area contributed by atoms with Gasteiger partial charge in [0.05, 0.1) is 0 Å². The molecular weight excluding hydrogens is 375 g/mol. The monoisotopic (exact) mass is 399 g/mol. The van der Waals surface area contributed by atoms with E-state index in [1.54, 1.807) is 0 Å². The zero-order chi connectivity index (χ0) is 18.7. The first kappa shape index (κ1) is 20.2. The lowest BCUT2D eigenvalue weighted by Gasteiger charge is -2.35. The summed E-state index contributed by atoms with van der Waals surface area (Å²) in [6, 6.07) is 18.7. The summed E-state index contributed by atoms with van der Waals surface area (Å²) in [6.07, 6.45) is 0. The number of nitrogens with zero attached hydrogens (tertiary/aromatic N) is 1. The molecule has 0 aliphatic heterocycles. The highest BCUT2D eigenvalue weighted by molar-refractivity contribution is 7.62. The number of rotatable bonds is 7. The first-order valence-electron chi connectivity index (χ1n) is 7.99. The summed E-state index contributed by atoms with van der Waals surface area (Å²) in [5, 5.41) is 0.652. The van der Waals surface area contributed by atoms with E-state index in [4.69, 9.17) is 0 Å². The van der Waals surface area contributed by atoms with Crippen molar-refractivity contribution in [2.45, 2.75) is 26.2 Å². The maximum atomic E-state index is 13.7. The summed E-state index contributed by atoms with van der Waals surface area (Å²) in [6.45, 7) is 7.49. The van der Waals surface area contributed by atoms with Crippen LogP contribution in [0.4, 0.5) is 8.96 Å². The average Bonchev–Trinajstić information content (AvgIpc) is 2.55. The van der Waals surface area contributed by atoms with E-state index in [1.807, 2.05) is 86.9 Å². The molecule has 0 atom stereocenters. The highest BCUT2D eigenvalue weighted by Crippen LogP contribution is 2.44. The maximum absolute atomic E-state index is 13.7. The zero-order valence-corrected chi connectivity index (χ0v) is 17.7. The largest absolute Gasteiger partial charge is 0.327 e. The second kappa shape index (κ2) is 7.61. The minimum Gasteiger partial charge on any atom is -0.267 e. The van der Waals surface area contributed by atoms with E-state index in [1.165, 1.54) is 0 Å². The molecule has 2 N–H and O–H groups in total. The van der Waals surface area contributed by atoms with Gasteiger partial charge in [-0.05, 0) is 10.4 Å². The first-order chi connectivity index (χ1) is 11.6. The van der Waals surface area contributed by atoms with Crippen molar-refractivity contribution in [3.63, 3.8) is 0 Å². The Balaban J connectivity index is 2.31. The molecule has 0 saturated heterocycles. The van der Waals surface area contributed by atoms with Gasteiger partial charge in [0.15, 0.2) is 16.5 Å². The van der Waals surface area contributed by atoms with Crippen LogP contribution in [0.25, 0.3) is 0 Å². The van der Waals surface area contributed by atoms with E-state index >= 15 is 0 Å². The molecule has 0 heterocycles. The number of hydrogen-bond acceptors (Lipinski definition) is 1. The fourth-order valence-electron chi connectivity index (χ4n) is 2.70. The van der Waals surface area contributed by atoms with Gasteiger partial charge in [-0.3, -0.25) is 14.1 Å². The van der Waals surface area contributed by atoms with Gasteiger partial charge in [0.25, 0.3) is 0 Å². The molecule has 136 valence electrons. The molecule has 4 nitrogen and oxygen atoms in total. The van der Waals surface area contributed by atoms with E-state index in [0.717, 1.165) is 10.4 Å². The minimum atomic E-state index is -4.24. The number of hydrogen-bond donors (Lipinski definition) is 2. The molecule has 2 aromatic rings. The second-order valence-corrected chi connectivity index (χ2v) is 17.9. The van der Waals surface area contributed by atoms with Crippen molar-refractivity contribution in [1.29, 1.82) is 0 Å². The van der Waals surface area contributed by atoms with Crippen LogP contribution in [0.15, 0.2) is 60.7 Å². The molecule has 0 radical (unpaired) electrons. The Morgan fingerprint density at radius 1 is 0.760 bits per heavy atom. The Morgan fingerprint density at radius 2 is 1.08 bits per heavy atom. The number of nitrogens with one attached hydrogen (secondary N) is 2. The topological polar surface area (TPSA) is 44.4 Å². The molecule has 0 aliphatic carbocycles. The lowest BCUT2D eigenvalue weighted by Crippen LogP contribution is -2.61. The third-order valence-electron chi connectivity index (χ3n) is 4.07. The SMILES string of the molecule is C[Si](C)(NP(=O)(N[Si](C)(C)c1ccccc1)N(F)F)c1ccccc1. The maximum Gasteiger partial charge on any atom is 0.327 e. The van der Waals surface area contributed by atoms with Gasteiger partial charge in [-0.1, -0.05) is 95.8 Å². The van der Waals surface area contributed by atoms with Crippen molar-refractivity contribution in [3.8, 4) is 0 Å². The van der Waals surface area contributed by atoms with Crippen LogP contribution < -0.4 is 19.9 Å². The molecule has 9 heteroatoms. The van der Waals surface area contributed by atoms with Gasteiger partial charge in [-0.15, -0.1) is 0 Å². The molecule has 0 aliphatic rings. The predicted molar refractivity (Wildman–Crippen MR) is 105 cm³/mol. The van der Waals surface area contributed by atoms with Crippen LogP contribution in [0.3, 0.4) is 0 Å². The Labute approximate surface area is 149 Å². The van der Waals surface area contributed by atoms with E-state index in [2.05, 4.69) is 9.51 Å². The lowest BCUT2D eigenvalue weighted by atomic mass is 10.4. The summed E-state index contributed by atoms with van der Waals surface area (Å²) in [5.41, 5.74) is 0. The summed E-state index contributed by atoms with van der Waals surface area (Å²) in [5.74, 6) is 0. The van der Waals surface area contributed by atoms with Crippen molar-refractivity contribution >= 4 is 34.4 Å². The van der Waals surface area contributed by atoms with Crippen LogP contribution in [-0.2, 0) is 4.57 Å². The van der Waals surface area contributed by atoms with Crippen LogP contribution in [0.1, 0.15) is 0 Å². The molecular formula is C16H24F2N3OPSi2. The van der Waals surface area contributed by atoms with Crippen LogP contribution >= 0.6 is 7.59 Å². The number of halogens is 2. The lowest BCUT2D eigenvalue weighted by molar-refractivity contribution is -0.0598. The van der Waals surface area contributed by atoms with Gasteiger partial charge in [-0.2, -0.15) is 0 Å². The minimum absolute atomic E-state index is 0.915. The van der Waals surface area contributed by atoms with Crippen LogP contribution in [0.5, 0.6) is 0 Å². The first-order valence-corrected chi connectivity index (χ1v) is 15.6. The molecule has 0 amide bonds. The van der Waals surface area contributed by atoms with E-state index in [0.29, 0.717) is 0 Å². The predicted octanol–water partition coefficient (Wildman–Crippen LogP) is 3.57. The number of benzene rings is 2. The van der Waals surface area contributed by atoms with Crippen molar-refractivity contribution in [2.75, 3.05) is 0 Å². The van der Waals surface area contributed by atoms with Gasteiger partial charge in [-0.25, -0.2) is 0 Å². The summed E-state index contributed by atoms with van der Waals surface area (Å²) >= 11 is 0. The molecule has 0 aromatic heterocycles. The zero-order valence-electron chi connectivity index (χ0n) is 14.8. The Hall–Kier alpha value is -1.16. The van der Waals surface area contributed by atoms with Gasteiger partial charge in [0.1, 0.15) is 5.11 Å².